The highest BCUT2D eigenvalue weighted by atomic mass is 16.2. The Morgan fingerprint density at radius 3 is 3.00 bits per heavy atom. The maximum absolute atomic E-state index is 12.2. The minimum atomic E-state index is -0.325. The average molecular weight is 286 g/mol. The van der Waals surface area contributed by atoms with Gasteiger partial charge in [0.1, 0.15) is 6.33 Å². The molecule has 3 rings (SSSR count). The fourth-order valence-corrected chi connectivity index (χ4v) is 2.19. The van der Waals surface area contributed by atoms with E-state index in [4.69, 9.17) is 0 Å². The van der Waals surface area contributed by atoms with Crippen molar-refractivity contribution in [3.63, 3.8) is 0 Å². The zero-order chi connectivity index (χ0) is 14.8. The van der Waals surface area contributed by atoms with Crippen molar-refractivity contribution in [3.8, 4) is 5.69 Å². The molecule has 8 nitrogen and oxygen atoms in total. The predicted molar refractivity (Wildman–Crippen MR) is 73.6 cm³/mol. The SMILES string of the molecule is Cc1ccc(-n2cnnn2)cc1NC(=O)C1CNC(=O)C1. The van der Waals surface area contributed by atoms with Crippen molar-refractivity contribution in [1.29, 1.82) is 0 Å². The van der Waals surface area contributed by atoms with Crippen molar-refractivity contribution >= 4 is 17.5 Å². The van der Waals surface area contributed by atoms with E-state index >= 15 is 0 Å². The Labute approximate surface area is 120 Å². The lowest BCUT2D eigenvalue weighted by Gasteiger charge is -2.12. The van der Waals surface area contributed by atoms with E-state index in [0.717, 1.165) is 11.3 Å². The van der Waals surface area contributed by atoms with Gasteiger partial charge < -0.3 is 10.6 Å². The van der Waals surface area contributed by atoms with Crippen molar-refractivity contribution < 1.29 is 9.59 Å². The summed E-state index contributed by atoms with van der Waals surface area (Å²) < 4.78 is 1.51. The number of nitrogens with zero attached hydrogens (tertiary/aromatic N) is 4. The molecular weight excluding hydrogens is 272 g/mol. The molecule has 0 spiro atoms. The van der Waals surface area contributed by atoms with Crippen LogP contribution in [0.2, 0.25) is 0 Å². The van der Waals surface area contributed by atoms with Crippen LogP contribution < -0.4 is 10.6 Å². The largest absolute Gasteiger partial charge is 0.355 e. The summed E-state index contributed by atoms with van der Waals surface area (Å²) in [5, 5.41) is 16.5. The predicted octanol–water partition coefficient (Wildman–Crippen LogP) is 0.0453. The molecule has 1 aliphatic heterocycles. The third kappa shape index (κ3) is 2.73. The first-order chi connectivity index (χ1) is 10.1. The average Bonchev–Trinajstić information content (AvgIpc) is 3.12. The summed E-state index contributed by atoms with van der Waals surface area (Å²) in [5.74, 6) is -0.576. The fourth-order valence-electron chi connectivity index (χ4n) is 2.19. The number of aromatic nitrogens is 4. The van der Waals surface area contributed by atoms with Crippen molar-refractivity contribution in [2.24, 2.45) is 5.92 Å². The van der Waals surface area contributed by atoms with Crippen LogP contribution >= 0.6 is 0 Å². The molecule has 2 heterocycles. The normalized spacial score (nSPS) is 17.6. The molecule has 8 heteroatoms. The molecule has 0 aliphatic carbocycles. The van der Waals surface area contributed by atoms with Crippen molar-refractivity contribution in [3.05, 3.63) is 30.1 Å². The highest BCUT2D eigenvalue weighted by Gasteiger charge is 2.28. The van der Waals surface area contributed by atoms with E-state index in [2.05, 4.69) is 26.2 Å². The molecule has 21 heavy (non-hydrogen) atoms. The van der Waals surface area contributed by atoms with E-state index in [-0.39, 0.29) is 24.2 Å². The molecule has 1 fully saturated rings. The van der Waals surface area contributed by atoms with Crippen molar-refractivity contribution in [1.82, 2.24) is 25.5 Å². The van der Waals surface area contributed by atoms with Gasteiger partial charge in [-0.15, -0.1) is 5.10 Å². The zero-order valence-electron chi connectivity index (χ0n) is 11.4. The number of carbonyl (C=O) groups is 2. The molecule has 1 aromatic heterocycles. The van der Waals surface area contributed by atoms with E-state index in [9.17, 15) is 9.59 Å². The second-order valence-corrected chi connectivity index (χ2v) is 4.95. The van der Waals surface area contributed by atoms with Crippen molar-refractivity contribution in [2.45, 2.75) is 13.3 Å². The quantitative estimate of drug-likeness (QED) is 0.829. The van der Waals surface area contributed by atoms with Crippen LogP contribution in [0.1, 0.15) is 12.0 Å². The Hall–Kier alpha value is -2.77. The minimum absolute atomic E-state index is 0.0886. The maximum atomic E-state index is 12.2. The van der Waals surface area contributed by atoms with E-state index in [1.807, 2.05) is 19.1 Å². The van der Waals surface area contributed by atoms with Crippen LogP contribution in [0.3, 0.4) is 0 Å². The highest BCUT2D eigenvalue weighted by molar-refractivity contribution is 5.97. The number of carbonyl (C=O) groups excluding carboxylic acids is 2. The lowest BCUT2D eigenvalue weighted by molar-refractivity contribution is -0.123. The van der Waals surface area contributed by atoms with Crippen LogP contribution in [0.5, 0.6) is 0 Å². The van der Waals surface area contributed by atoms with Gasteiger partial charge in [-0.05, 0) is 35.0 Å². The molecule has 2 amide bonds. The Morgan fingerprint density at radius 2 is 2.33 bits per heavy atom. The van der Waals surface area contributed by atoms with Crippen LogP contribution in [-0.2, 0) is 9.59 Å². The molecule has 0 saturated carbocycles. The number of aryl methyl sites for hydroxylation is 1. The number of benzene rings is 1. The summed E-state index contributed by atoms with van der Waals surface area (Å²) in [5.41, 5.74) is 2.37. The molecule has 1 atom stereocenters. The van der Waals surface area contributed by atoms with Crippen LogP contribution in [0.15, 0.2) is 24.5 Å². The topological polar surface area (TPSA) is 102 Å². The molecule has 1 saturated heterocycles. The lowest BCUT2D eigenvalue weighted by atomic mass is 10.1. The van der Waals surface area contributed by atoms with Crippen molar-refractivity contribution in [2.75, 3.05) is 11.9 Å². The van der Waals surface area contributed by atoms with Gasteiger partial charge in [-0.1, -0.05) is 6.07 Å². The molecule has 108 valence electrons. The first-order valence-electron chi connectivity index (χ1n) is 6.55. The highest BCUT2D eigenvalue weighted by Crippen LogP contribution is 2.20. The number of rotatable bonds is 3. The van der Waals surface area contributed by atoms with Crippen LogP contribution in [0.4, 0.5) is 5.69 Å². The van der Waals surface area contributed by atoms with Crippen LogP contribution in [-0.4, -0.2) is 38.6 Å². The Balaban J connectivity index is 1.80. The Bertz CT molecular complexity index is 682. The molecule has 1 aliphatic rings. The Morgan fingerprint density at radius 1 is 1.48 bits per heavy atom. The third-order valence-corrected chi connectivity index (χ3v) is 3.44. The zero-order valence-corrected chi connectivity index (χ0v) is 11.4. The van der Waals surface area contributed by atoms with Crippen LogP contribution in [0, 0.1) is 12.8 Å². The molecule has 1 aromatic carbocycles. The number of anilines is 1. The van der Waals surface area contributed by atoms with Gasteiger partial charge in [-0.25, -0.2) is 4.68 Å². The summed E-state index contributed by atoms with van der Waals surface area (Å²) in [6, 6.07) is 5.54. The summed E-state index contributed by atoms with van der Waals surface area (Å²) in [6.07, 6.45) is 1.72. The first kappa shape index (κ1) is 13.2. The number of hydrogen-bond acceptors (Lipinski definition) is 5. The van der Waals surface area contributed by atoms with Gasteiger partial charge in [-0.2, -0.15) is 0 Å². The molecular formula is C13H14N6O2. The molecule has 2 aromatic rings. The summed E-state index contributed by atoms with van der Waals surface area (Å²) in [4.78, 5) is 23.3. The first-order valence-corrected chi connectivity index (χ1v) is 6.55. The van der Waals surface area contributed by atoms with Crippen LogP contribution in [0.25, 0.3) is 5.69 Å². The van der Waals surface area contributed by atoms with Gasteiger partial charge in [0.05, 0.1) is 11.6 Å². The number of hydrogen-bond donors (Lipinski definition) is 2. The standard InChI is InChI=1S/C13H14N6O2/c1-8-2-3-10(19-7-15-17-18-19)5-11(8)16-13(21)9-4-12(20)14-6-9/h2-3,5,7,9H,4,6H2,1H3,(H,14,20)(H,16,21). The third-order valence-electron chi connectivity index (χ3n) is 3.44. The van der Waals surface area contributed by atoms with E-state index < -0.39 is 0 Å². The van der Waals surface area contributed by atoms with Gasteiger partial charge in [0.25, 0.3) is 0 Å². The smallest absolute Gasteiger partial charge is 0.229 e. The molecule has 2 N–H and O–H groups in total. The summed E-state index contributed by atoms with van der Waals surface area (Å²) >= 11 is 0. The Kier molecular flexibility index (Phi) is 3.35. The van der Waals surface area contributed by atoms with E-state index in [1.54, 1.807) is 6.07 Å². The van der Waals surface area contributed by atoms with Gasteiger partial charge in [0.15, 0.2) is 0 Å². The summed E-state index contributed by atoms with van der Waals surface area (Å²) in [7, 11) is 0. The fraction of sp³-hybridized carbons (Fsp3) is 0.308. The monoisotopic (exact) mass is 286 g/mol. The van der Waals surface area contributed by atoms with Gasteiger partial charge >= 0.3 is 0 Å². The summed E-state index contributed by atoms with van der Waals surface area (Å²) in [6.45, 7) is 2.29. The second kappa shape index (κ2) is 5.31. The number of nitrogens with one attached hydrogen (secondary N) is 2. The maximum Gasteiger partial charge on any atom is 0.229 e. The lowest BCUT2D eigenvalue weighted by Crippen LogP contribution is -2.25. The molecule has 0 bridgehead atoms. The van der Waals surface area contributed by atoms with E-state index in [1.165, 1.54) is 11.0 Å². The van der Waals surface area contributed by atoms with Gasteiger partial charge in [0.2, 0.25) is 11.8 Å². The number of amides is 2. The second-order valence-electron chi connectivity index (χ2n) is 4.95. The minimum Gasteiger partial charge on any atom is -0.355 e. The number of tetrazole rings is 1. The van der Waals surface area contributed by atoms with Gasteiger partial charge in [0, 0.05) is 18.7 Å². The molecule has 0 radical (unpaired) electrons. The molecule has 1 unspecified atom stereocenters. The van der Waals surface area contributed by atoms with E-state index in [0.29, 0.717) is 12.2 Å². The van der Waals surface area contributed by atoms with Gasteiger partial charge in [-0.3, -0.25) is 9.59 Å².